The minimum absolute atomic E-state index is 0.0457. The highest BCUT2D eigenvalue weighted by Gasteiger charge is 2.13. The van der Waals surface area contributed by atoms with Crippen LogP contribution in [0.2, 0.25) is 5.02 Å². The van der Waals surface area contributed by atoms with E-state index in [0.717, 1.165) is 16.0 Å². The summed E-state index contributed by atoms with van der Waals surface area (Å²) < 4.78 is 0. The first-order valence-corrected chi connectivity index (χ1v) is 6.19. The predicted octanol–water partition coefficient (Wildman–Crippen LogP) is 4.25. The van der Waals surface area contributed by atoms with Gasteiger partial charge in [0.1, 0.15) is 0 Å². The van der Waals surface area contributed by atoms with Crippen molar-refractivity contribution in [2.24, 2.45) is 0 Å². The van der Waals surface area contributed by atoms with Gasteiger partial charge >= 0.3 is 0 Å². The molecule has 0 radical (unpaired) electrons. The molecular formula is C13H11ClOS. The van der Waals surface area contributed by atoms with Crippen LogP contribution < -0.4 is 0 Å². The summed E-state index contributed by atoms with van der Waals surface area (Å²) in [6, 6.07) is 7.29. The first kappa shape index (κ1) is 11.4. The molecule has 1 aromatic heterocycles. The van der Waals surface area contributed by atoms with Gasteiger partial charge in [0.25, 0.3) is 0 Å². The van der Waals surface area contributed by atoms with Crippen LogP contribution in [0.15, 0.2) is 29.6 Å². The van der Waals surface area contributed by atoms with E-state index in [-0.39, 0.29) is 5.78 Å². The maximum Gasteiger partial charge on any atom is 0.194 e. The quantitative estimate of drug-likeness (QED) is 0.729. The fourth-order valence-corrected chi connectivity index (χ4v) is 2.63. The number of hydrogen-bond acceptors (Lipinski definition) is 2. The Labute approximate surface area is 104 Å². The van der Waals surface area contributed by atoms with Crippen molar-refractivity contribution in [1.29, 1.82) is 0 Å². The van der Waals surface area contributed by atoms with E-state index in [9.17, 15) is 4.79 Å². The van der Waals surface area contributed by atoms with Gasteiger partial charge in [-0.15, -0.1) is 11.3 Å². The zero-order valence-electron chi connectivity index (χ0n) is 9.08. The van der Waals surface area contributed by atoms with Crippen LogP contribution in [0.5, 0.6) is 0 Å². The summed E-state index contributed by atoms with van der Waals surface area (Å²) in [4.78, 5) is 13.2. The largest absolute Gasteiger partial charge is 0.289 e. The number of aryl methyl sites for hydroxylation is 2. The van der Waals surface area contributed by atoms with Crippen LogP contribution in [-0.2, 0) is 0 Å². The SMILES string of the molecule is Cc1cc(Cl)cc(C(=O)c2ccsc2C)c1. The summed E-state index contributed by atoms with van der Waals surface area (Å²) >= 11 is 7.53. The van der Waals surface area contributed by atoms with Gasteiger partial charge < -0.3 is 0 Å². The van der Waals surface area contributed by atoms with Gasteiger partial charge in [-0.05, 0) is 49.1 Å². The van der Waals surface area contributed by atoms with E-state index in [1.54, 1.807) is 17.4 Å². The molecule has 0 bridgehead atoms. The molecule has 0 saturated heterocycles. The van der Waals surface area contributed by atoms with Crippen molar-refractivity contribution in [3.63, 3.8) is 0 Å². The highest BCUT2D eigenvalue weighted by molar-refractivity contribution is 7.10. The van der Waals surface area contributed by atoms with Gasteiger partial charge in [-0.2, -0.15) is 0 Å². The third-order valence-corrected chi connectivity index (χ3v) is 3.47. The van der Waals surface area contributed by atoms with Crippen molar-refractivity contribution in [1.82, 2.24) is 0 Å². The van der Waals surface area contributed by atoms with Crippen LogP contribution in [0.1, 0.15) is 26.4 Å². The van der Waals surface area contributed by atoms with Gasteiger partial charge in [-0.1, -0.05) is 11.6 Å². The molecule has 0 spiro atoms. The van der Waals surface area contributed by atoms with Crippen molar-refractivity contribution >= 4 is 28.7 Å². The lowest BCUT2D eigenvalue weighted by Crippen LogP contribution is -2.01. The summed E-state index contributed by atoms with van der Waals surface area (Å²) in [7, 11) is 0. The number of hydrogen-bond donors (Lipinski definition) is 0. The maximum atomic E-state index is 12.2. The van der Waals surface area contributed by atoms with Gasteiger partial charge in [0, 0.05) is 21.0 Å². The Balaban J connectivity index is 2.45. The summed E-state index contributed by atoms with van der Waals surface area (Å²) in [5, 5.41) is 2.54. The minimum atomic E-state index is 0.0457. The molecule has 0 fully saturated rings. The number of ketones is 1. The Hall–Kier alpha value is -1.12. The molecule has 82 valence electrons. The highest BCUT2D eigenvalue weighted by atomic mass is 35.5. The molecular weight excluding hydrogens is 240 g/mol. The Bertz CT molecular complexity index is 522. The lowest BCUT2D eigenvalue weighted by atomic mass is 10.0. The number of halogens is 1. The zero-order valence-corrected chi connectivity index (χ0v) is 10.7. The summed E-state index contributed by atoms with van der Waals surface area (Å²) in [5.74, 6) is 0.0457. The Morgan fingerprint density at radius 1 is 1.25 bits per heavy atom. The van der Waals surface area contributed by atoms with E-state index in [2.05, 4.69) is 0 Å². The van der Waals surface area contributed by atoms with E-state index < -0.39 is 0 Å². The number of thiophene rings is 1. The third-order valence-electron chi connectivity index (χ3n) is 2.41. The fraction of sp³-hybridized carbons (Fsp3) is 0.154. The number of benzene rings is 1. The normalized spacial score (nSPS) is 10.4. The predicted molar refractivity (Wildman–Crippen MR) is 68.7 cm³/mol. The molecule has 3 heteroatoms. The second-order valence-corrected chi connectivity index (χ2v) is 5.29. The van der Waals surface area contributed by atoms with Gasteiger partial charge in [0.05, 0.1) is 0 Å². The summed E-state index contributed by atoms with van der Waals surface area (Å²) in [6.07, 6.45) is 0. The molecule has 0 saturated carbocycles. The molecule has 1 aromatic carbocycles. The smallest absolute Gasteiger partial charge is 0.194 e. The lowest BCUT2D eigenvalue weighted by molar-refractivity contribution is 0.103. The number of carbonyl (C=O) groups excluding carboxylic acids is 1. The first-order chi connectivity index (χ1) is 7.58. The van der Waals surface area contributed by atoms with Gasteiger partial charge in [-0.3, -0.25) is 4.79 Å². The number of rotatable bonds is 2. The average Bonchev–Trinajstić information content (AvgIpc) is 2.62. The highest BCUT2D eigenvalue weighted by Crippen LogP contribution is 2.22. The molecule has 0 aliphatic carbocycles. The monoisotopic (exact) mass is 250 g/mol. The topological polar surface area (TPSA) is 17.1 Å². The van der Waals surface area contributed by atoms with Crippen molar-refractivity contribution in [2.75, 3.05) is 0 Å². The second-order valence-electron chi connectivity index (χ2n) is 3.74. The fourth-order valence-electron chi connectivity index (χ4n) is 1.64. The maximum absolute atomic E-state index is 12.2. The van der Waals surface area contributed by atoms with E-state index in [1.165, 1.54) is 0 Å². The molecule has 2 rings (SSSR count). The Morgan fingerprint density at radius 2 is 2.00 bits per heavy atom. The van der Waals surface area contributed by atoms with Crippen LogP contribution in [0.3, 0.4) is 0 Å². The van der Waals surface area contributed by atoms with Gasteiger partial charge in [0.2, 0.25) is 0 Å². The zero-order chi connectivity index (χ0) is 11.7. The second kappa shape index (κ2) is 4.40. The van der Waals surface area contributed by atoms with Crippen LogP contribution >= 0.6 is 22.9 Å². The van der Waals surface area contributed by atoms with Crippen molar-refractivity contribution in [3.8, 4) is 0 Å². The van der Waals surface area contributed by atoms with Crippen molar-refractivity contribution in [3.05, 3.63) is 56.2 Å². The molecule has 0 N–H and O–H groups in total. The molecule has 16 heavy (non-hydrogen) atoms. The van der Waals surface area contributed by atoms with E-state index in [4.69, 9.17) is 11.6 Å². The minimum Gasteiger partial charge on any atom is -0.289 e. The van der Waals surface area contributed by atoms with Gasteiger partial charge in [-0.25, -0.2) is 0 Å². The van der Waals surface area contributed by atoms with Crippen LogP contribution in [0.25, 0.3) is 0 Å². The molecule has 0 aliphatic rings. The van der Waals surface area contributed by atoms with Crippen molar-refractivity contribution in [2.45, 2.75) is 13.8 Å². The van der Waals surface area contributed by atoms with E-state index >= 15 is 0 Å². The number of carbonyl (C=O) groups is 1. The molecule has 0 unspecified atom stereocenters. The average molecular weight is 251 g/mol. The van der Waals surface area contributed by atoms with Crippen LogP contribution in [-0.4, -0.2) is 5.78 Å². The summed E-state index contributed by atoms with van der Waals surface area (Å²) in [6.45, 7) is 3.89. The third kappa shape index (κ3) is 2.18. The van der Waals surface area contributed by atoms with E-state index in [1.807, 2.05) is 37.4 Å². The van der Waals surface area contributed by atoms with Gasteiger partial charge in [0.15, 0.2) is 5.78 Å². The summed E-state index contributed by atoms with van der Waals surface area (Å²) in [5.41, 5.74) is 2.43. The molecule has 1 nitrogen and oxygen atoms in total. The molecule has 1 heterocycles. The van der Waals surface area contributed by atoms with Crippen molar-refractivity contribution < 1.29 is 4.79 Å². The van der Waals surface area contributed by atoms with Crippen LogP contribution in [0.4, 0.5) is 0 Å². The van der Waals surface area contributed by atoms with E-state index in [0.29, 0.717) is 10.6 Å². The standard InChI is InChI=1S/C13H11ClOS/c1-8-5-10(7-11(14)6-8)13(15)12-3-4-16-9(12)2/h3-7H,1-2H3. The Kier molecular flexibility index (Phi) is 3.13. The molecule has 0 aliphatic heterocycles. The molecule has 2 aromatic rings. The molecule has 0 amide bonds. The first-order valence-electron chi connectivity index (χ1n) is 4.94. The lowest BCUT2D eigenvalue weighted by Gasteiger charge is -2.03. The Morgan fingerprint density at radius 3 is 2.56 bits per heavy atom. The van der Waals surface area contributed by atoms with Crippen LogP contribution in [0, 0.1) is 13.8 Å². The molecule has 0 atom stereocenters.